The maximum absolute atomic E-state index is 12.1. The van der Waals surface area contributed by atoms with E-state index in [0.717, 1.165) is 0 Å². The Morgan fingerprint density at radius 3 is 2.53 bits per heavy atom. The maximum Gasteiger partial charge on any atom is 0.254 e. The number of carbonyl (C=O) groups excluding carboxylic acids is 1. The number of rotatable bonds is 3. The van der Waals surface area contributed by atoms with Crippen molar-refractivity contribution >= 4 is 5.91 Å². The van der Waals surface area contributed by atoms with E-state index in [0.29, 0.717) is 17.7 Å². The van der Waals surface area contributed by atoms with Crippen molar-refractivity contribution in [2.45, 2.75) is 34.6 Å². The number of carbonyl (C=O) groups is 1. The monoisotopic (exact) mass is 259 g/mol. The van der Waals surface area contributed by atoms with Gasteiger partial charge in [-0.1, -0.05) is 34.6 Å². The molecule has 1 N–H and O–H groups in total. The lowest BCUT2D eigenvalue weighted by Gasteiger charge is -2.38. The molecule has 19 heavy (non-hydrogen) atoms. The highest BCUT2D eigenvalue weighted by atomic mass is 16.1. The quantitative estimate of drug-likeness (QED) is 0.907. The van der Waals surface area contributed by atoms with Gasteiger partial charge in [0, 0.05) is 18.9 Å². The first-order chi connectivity index (χ1) is 8.69. The number of nitriles is 1. The third-order valence-corrected chi connectivity index (χ3v) is 3.91. The summed E-state index contributed by atoms with van der Waals surface area (Å²) in [5, 5.41) is 11.9. The molecule has 0 aromatic carbocycles. The molecule has 0 aliphatic carbocycles. The lowest BCUT2D eigenvalue weighted by atomic mass is 9.69. The number of aromatic nitrogens is 1. The van der Waals surface area contributed by atoms with Crippen molar-refractivity contribution in [2.24, 2.45) is 10.8 Å². The Morgan fingerprint density at radius 1 is 1.37 bits per heavy atom. The van der Waals surface area contributed by atoms with E-state index in [1.807, 2.05) is 6.07 Å². The van der Waals surface area contributed by atoms with E-state index in [1.54, 1.807) is 6.07 Å². The highest BCUT2D eigenvalue weighted by Crippen LogP contribution is 2.37. The fourth-order valence-corrected chi connectivity index (χ4v) is 1.33. The first-order valence-electron chi connectivity index (χ1n) is 6.31. The molecule has 1 aromatic rings. The van der Waals surface area contributed by atoms with Crippen molar-refractivity contribution in [3.05, 3.63) is 29.6 Å². The van der Waals surface area contributed by atoms with Crippen molar-refractivity contribution in [3.8, 4) is 6.07 Å². The Bertz CT molecular complexity index is 507. The zero-order chi connectivity index (χ0) is 14.7. The number of nitrogens with one attached hydrogen (secondary N) is 1. The molecule has 1 rings (SSSR count). The Balaban J connectivity index is 2.80. The van der Waals surface area contributed by atoms with Gasteiger partial charge in [0.25, 0.3) is 5.91 Å². The SMILES string of the molecule is CC(C)(C)C(C)(C)CNC(=O)c1cnccc1C#N. The predicted molar refractivity (Wildman–Crippen MR) is 74.5 cm³/mol. The fourth-order valence-electron chi connectivity index (χ4n) is 1.33. The minimum absolute atomic E-state index is 0.0440. The fraction of sp³-hybridized carbons (Fsp3) is 0.533. The van der Waals surface area contributed by atoms with Crippen LogP contribution < -0.4 is 5.32 Å². The molecule has 0 spiro atoms. The molecule has 0 aliphatic rings. The third-order valence-electron chi connectivity index (χ3n) is 3.91. The summed E-state index contributed by atoms with van der Waals surface area (Å²) >= 11 is 0. The van der Waals surface area contributed by atoms with E-state index in [9.17, 15) is 4.79 Å². The summed E-state index contributed by atoms with van der Waals surface area (Å²) in [6, 6.07) is 3.55. The molecule has 0 aliphatic heterocycles. The summed E-state index contributed by atoms with van der Waals surface area (Å²) in [4.78, 5) is 16.0. The van der Waals surface area contributed by atoms with E-state index in [1.165, 1.54) is 12.4 Å². The lowest BCUT2D eigenvalue weighted by Crippen LogP contribution is -2.41. The first kappa shape index (κ1) is 15.2. The minimum atomic E-state index is -0.248. The topological polar surface area (TPSA) is 65.8 Å². The minimum Gasteiger partial charge on any atom is -0.351 e. The second-order valence-corrected chi connectivity index (χ2v) is 6.35. The summed E-state index contributed by atoms with van der Waals surface area (Å²) in [6.07, 6.45) is 2.94. The molecule has 0 saturated carbocycles. The van der Waals surface area contributed by atoms with Gasteiger partial charge in [0.2, 0.25) is 0 Å². The van der Waals surface area contributed by atoms with Gasteiger partial charge in [0.1, 0.15) is 6.07 Å². The Labute approximate surface area is 114 Å². The molecule has 4 heteroatoms. The molecular formula is C15H21N3O. The van der Waals surface area contributed by atoms with Crippen molar-refractivity contribution in [2.75, 3.05) is 6.54 Å². The van der Waals surface area contributed by atoms with E-state index in [-0.39, 0.29) is 16.7 Å². The van der Waals surface area contributed by atoms with Crippen LogP contribution in [-0.2, 0) is 0 Å². The van der Waals surface area contributed by atoms with Gasteiger partial charge in [-0.05, 0) is 16.9 Å². The maximum atomic E-state index is 12.1. The number of nitrogens with zero attached hydrogens (tertiary/aromatic N) is 2. The van der Waals surface area contributed by atoms with Crippen LogP contribution in [0.15, 0.2) is 18.5 Å². The van der Waals surface area contributed by atoms with Gasteiger partial charge in [-0.15, -0.1) is 0 Å². The molecule has 0 unspecified atom stereocenters. The molecular weight excluding hydrogens is 238 g/mol. The summed E-state index contributed by atoms with van der Waals surface area (Å²) in [5.74, 6) is -0.248. The van der Waals surface area contributed by atoms with Crippen LogP contribution in [0, 0.1) is 22.2 Å². The zero-order valence-corrected chi connectivity index (χ0v) is 12.2. The third kappa shape index (κ3) is 3.54. The van der Waals surface area contributed by atoms with Crippen LogP contribution in [0.4, 0.5) is 0 Å². The van der Waals surface area contributed by atoms with E-state index in [2.05, 4.69) is 44.9 Å². The molecule has 0 bridgehead atoms. The van der Waals surface area contributed by atoms with Crippen LogP contribution in [0.3, 0.4) is 0 Å². The van der Waals surface area contributed by atoms with Crippen LogP contribution >= 0.6 is 0 Å². The van der Waals surface area contributed by atoms with Crippen molar-refractivity contribution in [1.29, 1.82) is 5.26 Å². The van der Waals surface area contributed by atoms with E-state index in [4.69, 9.17) is 5.26 Å². The van der Waals surface area contributed by atoms with E-state index < -0.39 is 0 Å². The number of hydrogen-bond acceptors (Lipinski definition) is 3. The summed E-state index contributed by atoms with van der Waals surface area (Å²) < 4.78 is 0. The molecule has 0 radical (unpaired) electrons. The highest BCUT2D eigenvalue weighted by Gasteiger charge is 2.33. The molecule has 4 nitrogen and oxygen atoms in total. The molecule has 102 valence electrons. The molecule has 0 atom stereocenters. The Morgan fingerprint density at radius 2 is 2.00 bits per heavy atom. The highest BCUT2D eigenvalue weighted by molar-refractivity contribution is 5.96. The van der Waals surface area contributed by atoms with Gasteiger partial charge in [0.15, 0.2) is 0 Å². The average molecular weight is 259 g/mol. The molecule has 1 aromatic heterocycles. The zero-order valence-electron chi connectivity index (χ0n) is 12.2. The molecule has 1 heterocycles. The van der Waals surface area contributed by atoms with Crippen LogP contribution in [-0.4, -0.2) is 17.4 Å². The number of hydrogen-bond donors (Lipinski definition) is 1. The van der Waals surface area contributed by atoms with Crippen LogP contribution in [0.25, 0.3) is 0 Å². The Hall–Kier alpha value is -1.89. The number of amides is 1. The van der Waals surface area contributed by atoms with Gasteiger partial charge < -0.3 is 5.32 Å². The predicted octanol–water partition coefficient (Wildman–Crippen LogP) is 2.76. The van der Waals surface area contributed by atoms with Crippen molar-refractivity contribution in [1.82, 2.24) is 10.3 Å². The summed E-state index contributed by atoms with van der Waals surface area (Å²) in [7, 11) is 0. The standard InChI is InChI=1S/C15H21N3O/c1-14(2,3)15(4,5)10-18-13(19)12-9-17-7-6-11(12)8-16/h6-7,9H,10H2,1-5H3,(H,18,19). The second kappa shape index (κ2) is 5.40. The molecule has 0 fully saturated rings. The summed E-state index contributed by atoms with van der Waals surface area (Å²) in [5.41, 5.74) is 0.709. The van der Waals surface area contributed by atoms with E-state index >= 15 is 0 Å². The normalized spacial score (nSPS) is 11.8. The van der Waals surface area contributed by atoms with Crippen LogP contribution in [0.1, 0.15) is 50.5 Å². The lowest BCUT2D eigenvalue weighted by molar-refractivity contribution is 0.0867. The van der Waals surface area contributed by atoms with Gasteiger partial charge in [-0.25, -0.2) is 0 Å². The smallest absolute Gasteiger partial charge is 0.254 e. The van der Waals surface area contributed by atoms with Gasteiger partial charge >= 0.3 is 0 Å². The van der Waals surface area contributed by atoms with Gasteiger partial charge in [-0.2, -0.15) is 5.26 Å². The van der Waals surface area contributed by atoms with Crippen molar-refractivity contribution in [3.63, 3.8) is 0 Å². The summed E-state index contributed by atoms with van der Waals surface area (Å²) in [6.45, 7) is 11.2. The second-order valence-electron chi connectivity index (χ2n) is 6.35. The Kier molecular flexibility index (Phi) is 4.31. The number of pyridine rings is 1. The largest absolute Gasteiger partial charge is 0.351 e. The van der Waals surface area contributed by atoms with Gasteiger partial charge in [0.05, 0.1) is 11.1 Å². The van der Waals surface area contributed by atoms with Crippen LogP contribution in [0.5, 0.6) is 0 Å². The average Bonchev–Trinajstić information content (AvgIpc) is 2.34. The molecule has 0 saturated heterocycles. The first-order valence-corrected chi connectivity index (χ1v) is 6.31. The van der Waals surface area contributed by atoms with Crippen LogP contribution in [0.2, 0.25) is 0 Å². The molecule has 1 amide bonds. The van der Waals surface area contributed by atoms with Gasteiger partial charge in [-0.3, -0.25) is 9.78 Å². The van der Waals surface area contributed by atoms with Crippen molar-refractivity contribution < 1.29 is 4.79 Å².